The first-order valence-electron chi connectivity index (χ1n) is 5.65. The van der Waals surface area contributed by atoms with Crippen molar-refractivity contribution >= 4 is 15.7 Å². The van der Waals surface area contributed by atoms with E-state index in [0.29, 0.717) is 0 Å². The van der Waals surface area contributed by atoms with Crippen LogP contribution < -0.4 is 10.5 Å². The number of benzene rings is 1. The molecule has 3 N–H and O–H groups in total. The Morgan fingerprint density at radius 1 is 1.40 bits per heavy atom. The summed E-state index contributed by atoms with van der Waals surface area (Å²) in [5.41, 5.74) is 5.66. The van der Waals surface area contributed by atoms with Crippen LogP contribution in [0.15, 0.2) is 17.0 Å². The highest BCUT2D eigenvalue weighted by molar-refractivity contribution is 7.89. The minimum absolute atomic E-state index is 0.0133. The van der Waals surface area contributed by atoms with Gasteiger partial charge in [0.25, 0.3) is 6.43 Å². The lowest BCUT2D eigenvalue weighted by Gasteiger charge is -2.09. The predicted octanol–water partition coefficient (Wildman–Crippen LogP) is 1.28. The average Bonchev–Trinajstić information content (AvgIpc) is 2.34. The third kappa shape index (κ3) is 4.66. The summed E-state index contributed by atoms with van der Waals surface area (Å²) in [7, 11) is -3.96. The lowest BCUT2D eigenvalue weighted by Crippen LogP contribution is -2.28. The van der Waals surface area contributed by atoms with Crippen LogP contribution in [0.25, 0.3) is 0 Å². The molecule has 0 atom stereocenters. The Bertz CT molecular complexity index is 541. The van der Waals surface area contributed by atoms with Gasteiger partial charge >= 0.3 is 0 Å². The third-order valence-corrected chi connectivity index (χ3v) is 3.89. The van der Waals surface area contributed by atoms with Crippen LogP contribution >= 0.6 is 0 Å². The number of hydrogen-bond acceptors (Lipinski definition) is 4. The summed E-state index contributed by atoms with van der Waals surface area (Å²) in [6.07, 6.45) is -2.61. The zero-order valence-corrected chi connectivity index (χ0v) is 11.5. The first-order valence-corrected chi connectivity index (χ1v) is 7.13. The number of rotatable bonds is 7. The standard InChI is InChI=1S/C11H15F3N2O3S/c1-7-9(12)4-8(5-10(7)15)20(17,18)16-2-3-19-6-11(13)14/h4-5,11,16H,2-3,6,15H2,1H3. The van der Waals surface area contributed by atoms with E-state index in [9.17, 15) is 21.6 Å². The van der Waals surface area contributed by atoms with Gasteiger partial charge in [-0.3, -0.25) is 0 Å². The second-order valence-corrected chi connectivity index (χ2v) is 5.75. The highest BCUT2D eigenvalue weighted by atomic mass is 32.2. The molecule has 0 heterocycles. The molecular formula is C11H15F3N2O3S. The lowest BCUT2D eigenvalue weighted by atomic mass is 10.2. The van der Waals surface area contributed by atoms with Crippen LogP contribution in [0.3, 0.4) is 0 Å². The Morgan fingerprint density at radius 3 is 2.60 bits per heavy atom. The van der Waals surface area contributed by atoms with Gasteiger partial charge in [-0.1, -0.05) is 0 Å². The van der Waals surface area contributed by atoms with Crippen LogP contribution in [0.2, 0.25) is 0 Å². The zero-order chi connectivity index (χ0) is 15.3. The summed E-state index contributed by atoms with van der Waals surface area (Å²) in [6.45, 7) is 0.234. The van der Waals surface area contributed by atoms with Crippen LogP contribution in [-0.4, -0.2) is 34.6 Å². The van der Waals surface area contributed by atoms with Crippen molar-refractivity contribution < 1.29 is 26.3 Å². The van der Waals surface area contributed by atoms with Crippen LogP contribution in [0, 0.1) is 12.7 Å². The van der Waals surface area contributed by atoms with Crippen LogP contribution in [0.1, 0.15) is 5.56 Å². The van der Waals surface area contributed by atoms with Gasteiger partial charge in [-0.2, -0.15) is 0 Å². The van der Waals surface area contributed by atoms with Crippen LogP contribution in [0.5, 0.6) is 0 Å². The Kier molecular flexibility index (Phi) is 5.78. The molecule has 0 saturated heterocycles. The first kappa shape index (κ1) is 16.7. The van der Waals surface area contributed by atoms with E-state index in [2.05, 4.69) is 9.46 Å². The number of alkyl halides is 2. The maximum Gasteiger partial charge on any atom is 0.261 e. The molecule has 0 bridgehead atoms. The second-order valence-electron chi connectivity index (χ2n) is 3.98. The molecule has 1 aromatic carbocycles. The van der Waals surface area contributed by atoms with E-state index in [1.54, 1.807) is 0 Å². The quantitative estimate of drug-likeness (QED) is 0.587. The molecular weight excluding hydrogens is 297 g/mol. The predicted molar refractivity (Wildman–Crippen MR) is 67.6 cm³/mol. The summed E-state index contributed by atoms with van der Waals surface area (Å²) in [5, 5.41) is 0. The topological polar surface area (TPSA) is 81.4 Å². The molecule has 0 aliphatic heterocycles. The van der Waals surface area contributed by atoms with Crippen molar-refractivity contribution in [3.8, 4) is 0 Å². The summed E-state index contributed by atoms with van der Waals surface area (Å²) in [6, 6.07) is 1.97. The molecule has 1 rings (SSSR count). The van der Waals surface area contributed by atoms with E-state index < -0.39 is 28.9 Å². The number of halogens is 3. The third-order valence-electron chi connectivity index (χ3n) is 2.45. The molecule has 0 aliphatic rings. The number of nitrogens with one attached hydrogen (secondary N) is 1. The van der Waals surface area contributed by atoms with Gasteiger partial charge in [-0.15, -0.1) is 0 Å². The molecule has 5 nitrogen and oxygen atoms in total. The van der Waals surface area contributed by atoms with E-state index >= 15 is 0 Å². The Morgan fingerprint density at radius 2 is 2.05 bits per heavy atom. The highest BCUT2D eigenvalue weighted by Gasteiger charge is 2.17. The van der Waals surface area contributed by atoms with Gasteiger partial charge in [0, 0.05) is 17.8 Å². The lowest BCUT2D eigenvalue weighted by molar-refractivity contribution is 0.0199. The number of hydrogen-bond donors (Lipinski definition) is 2. The van der Waals surface area contributed by atoms with Gasteiger partial charge in [-0.05, 0) is 19.1 Å². The van der Waals surface area contributed by atoms with Crippen molar-refractivity contribution in [2.75, 3.05) is 25.5 Å². The number of sulfonamides is 1. The zero-order valence-electron chi connectivity index (χ0n) is 10.7. The van der Waals surface area contributed by atoms with Crippen molar-refractivity contribution in [2.45, 2.75) is 18.2 Å². The van der Waals surface area contributed by atoms with E-state index in [4.69, 9.17) is 5.73 Å². The molecule has 0 fully saturated rings. The minimum atomic E-state index is -3.96. The number of nitrogens with two attached hydrogens (primary N) is 1. The average molecular weight is 312 g/mol. The van der Waals surface area contributed by atoms with Gasteiger partial charge in [-0.25, -0.2) is 26.3 Å². The van der Waals surface area contributed by atoms with Gasteiger partial charge in [0.2, 0.25) is 10.0 Å². The fourth-order valence-electron chi connectivity index (χ4n) is 1.33. The van der Waals surface area contributed by atoms with E-state index in [1.807, 2.05) is 0 Å². The maximum absolute atomic E-state index is 13.4. The molecule has 0 saturated carbocycles. The SMILES string of the molecule is Cc1c(N)cc(S(=O)(=O)NCCOCC(F)F)cc1F. The van der Waals surface area contributed by atoms with Crippen molar-refractivity contribution in [1.29, 1.82) is 0 Å². The number of ether oxygens (including phenoxy) is 1. The molecule has 0 aliphatic carbocycles. The van der Waals surface area contributed by atoms with Gasteiger partial charge in [0.1, 0.15) is 12.4 Å². The fourth-order valence-corrected chi connectivity index (χ4v) is 2.39. The number of nitrogen functional groups attached to an aromatic ring is 1. The summed E-state index contributed by atoms with van der Waals surface area (Å²) in [5.74, 6) is -0.737. The molecule has 0 unspecified atom stereocenters. The van der Waals surface area contributed by atoms with Crippen LogP contribution in [-0.2, 0) is 14.8 Å². The van der Waals surface area contributed by atoms with Crippen molar-refractivity contribution in [2.24, 2.45) is 0 Å². The van der Waals surface area contributed by atoms with Gasteiger partial charge < -0.3 is 10.5 Å². The summed E-state index contributed by atoms with van der Waals surface area (Å²) < 4.78 is 67.2. The van der Waals surface area contributed by atoms with Crippen molar-refractivity contribution in [3.63, 3.8) is 0 Å². The van der Waals surface area contributed by atoms with E-state index in [1.165, 1.54) is 6.92 Å². The smallest absolute Gasteiger partial charge is 0.261 e. The van der Waals surface area contributed by atoms with Gasteiger partial charge in [0.15, 0.2) is 0 Å². The molecule has 1 aromatic rings. The minimum Gasteiger partial charge on any atom is -0.398 e. The molecule has 0 spiro atoms. The Hall–Kier alpha value is -1.32. The van der Waals surface area contributed by atoms with Crippen molar-refractivity contribution in [1.82, 2.24) is 4.72 Å². The summed E-state index contributed by atoms with van der Waals surface area (Å²) >= 11 is 0. The second kappa shape index (κ2) is 6.91. The molecule has 0 amide bonds. The normalized spacial score (nSPS) is 12.1. The van der Waals surface area contributed by atoms with Crippen LogP contribution in [0.4, 0.5) is 18.9 Å². The van der Waals surface area contributed by atoms with Gasteiger partial charge in [0.05, 0.1) is 11.5 Å². The molecule has 0 radical (unpaired) electrons. The molecule has 9 heteroatoms. The fraction of sp³-hybridized carbons (Fsp3) is 0.455. The van der Waals surface area contributed by atoms with E-state index in [-0.39, 0.29) is 29.3 Å². The molecule has 0 aromatic heterocycles. The number of anilines is 1. The summed E-state index contributed by atoms with van der Waals surface area (Å²) in [4.78, 5) is -0.327. The van der Waals surface area contributed by atoms with Crippen molar-refractivity contribution in [3.05, 3.63) is 23.5 Å². The molecule has 20 heavy (non-hydrogen) atoms. The highest BCUT2D eigenvalue weighted by Crippen LogP contribution is 2.20. The largest absolute Gasteiger partial charge is 0.398 e. The Labute approximate surface area is 115 Å². The first-order chi connectivity index (χ1) is 9.24. The molecule has 114 valence electrons. The monoisotopic (exact) mass is 312 g/mol. The Balaban J connectivity index is 2.65. The van der Waals surface area contributed by atoms with E-state index in [0.717, 1.165) is 12.1 Å². The maximum atomic E-state index is 13.4.